The molecule has 4 heteroatoms. The molecule has 0 saturated carbocycles. The van der Waals surface area contributed by atoms with Gasteiger partial charge in [0.15, 0.2) is 0 Å². The summed E-state index contributed by atoms with van der Waals surface area (Å²) in [6, 6.07) is 13.1. The molecule has 27 heavy (non-hydrogen) atoms. The lowest BCUT2D eigenvalue weighted by Gasteiger charge is -2.36. The van der Waals surface area contributed by atoms with E-state index < -0.39 is 5.97 Å². The summed E-state index contributed by atoms with van der Waals surface area (Å²) in [5.41, 5.74) is 6.36. The van der Waals surface area contributed by atoms with Crippen molar-refractivity contribution in [3.05, 3.63) is 69.2 Å². The van der Waals surface area contributed by atoms with E-state index in [0.29, 0.717) is 19.0 Å². The highest BCUT2D eigenvalue weighted by Gasteiger charge is 2.32. The molecule has 1 heterocycles. The molecule has 1 unspecified atom stereocenters. The lowest BCUT2D eigenvalue weighted by atomic mass is 9.88. The Kier molecular flexibility index (Phi) is 6.23. The number of hydrogen-bond donors (Lipinski definition) is 1. The number of halogens is 1. The minimum Gasteiger partial charge on any atom is -0.481 e. The van der Waals surface area contributed by atoms with Crippen LogP contribution in [-0.4, -0.2) is 29.1 Å². The maximum absolute atomic E-state index is 11.0. The van der Waals surface area contributed by atoms with Crippen molar-refractivity contribution in [3.8, 4) is 0 Å². The molecule has 0 bridgehead atoms. The minimum atomic E-state index is -0.680. The molecule has 0 amide bonds. The Balaban J connectivity index is 1.71. The second kappa shape index (κ2) is 8.45. The third-order valence-electron chi connectivity index (χ3n) is 5.54. The number of aliphatic carboxylic acids is 1. The predicted octanol–water partition coefficient (Wildman–Crippen LogP) is 5.21. The second-order valence-corrected chi connectivity index (χ2v) is 8.28. The van der Waals surface area contributed by atoms with E-state index in [9.17, 15) is 4.79 Å². The maximum Gasteiger partial charge on any atom is 0.309 e. The highest BCUT2D eigenvalue weighted by Crippen LogP contribution is 2.29. The van der Waals surface area contributed by atoms with E-state index in [1.807, 2.05) is 6.07 Å². The van der Waals surface area contributed by atoms with Crippen LogP contribution in [-0.2, 0) is 17.8 Å². The maximum atomic E-state index is 11.0. The van der Waals surface area contributed by atoms with Gasteiger partial charge in [-0.15, -0.1) is 0 Å². The number of nitrogens with zero attached hydrogens (tertiary/aromatic N) is 1. The fourth-order valence-electron chi connectivity index (χ4n) is 3.97. The number of hydrogen-bond acceptors (Lipinski definition) is 2. The highest BCUT2D eigenvalue weighted by atomic mass is 35.5. The van der Waals surface area contributed by atoms with Gasteiger partial charge in [-0.2, -0.15) is 0 Å². The first-order valence-corrected chi connectivity index (χ1v) is 10.0. The zero-order valence-electron chi connectivity index (χ0n) is 16.3. The van der Waals surface area contributed by atoms with E-state index >= 15 is 0 Å². The number of carbonyl (C=O) groups is 1. The van der Waals surface area contributed by atoms with Crippen molar-refractivity contribution < 1.29 is 9.90 Å². The Morgan fingerprint density at radius 2 is 1.89 bits per heavy atom. The average molecular weight is 386 g/mol. The molecule has 1 atom stereocenters. The third-order valence-corrected chi connectivity index (χ3v) is 5.96. The number of carboxylic acid groups (broad SMARTS) is 1. The van der Waals surface area contributed by atoms with Gasteiger partial charge in [-0.05, 0) is 60.9 Å². The summed E-state index contributed by atoms with van der Waals surface area (Å²) in [5, 5.41) is 9.86. The fraction of sp³-hybridized carbons (Fsp3) is 0.435. The Bertz CT molecular complexity index is 827. The fourth-order valence-corrected chi connectivity index (χ4v) is 4.09. The molecule has 1 aliphatic rings. The van der Waals surface area contributed by atoms with Gasteiger partial charge in [-0.25, -0.2) is 0 Å². The Morgan fingerprint density at radius 3 is 2.52 bits per heavy atom. The molecular weight excluding hydrogens is 358 g/mol. The molecule has 1 N–H and O–H groups in total. The number of benzene rings is 2. The van der Waals surface area contributed by atoms with Crippen LogP contribution >= 0.6 is 11.6 Å². The molecule has 1 aliphatic heterocycles. The van der Waals surface area contributed by atoms with Gasteiger partial charge in [0.1, 0.15) is 0 Å². The second-order valence-electron chi connectivity index (χ2n) is 7.87. The van der Waals surface area contributed by atoms with E-state index in [0.717, 1.165) is 30.0 Å². The molecule has 0 aliphatic carbocycles. The predicted molar refractivity (Wildman–Crippen MR) is 111 cm³/mol. The van der Waals surface area contributed by atoms with Gasteiger partial charge in [0, 0.05) is 24.7 Å². The van der Waals surface area contributed by atoms with Crippen LogP contribution in [0.5, 0.6) is 0 Å². The molecule has 1 fully saturated rings. The van der Waals surface area contributed by atoms with Crippen LogP contribution in [0.3, 0.4) is 0 Å². The molecule has 3 rings (SSSR count). The van der Waals surface area contributed by atoms with Crippen molar-refractivity contribution >= 4 is 17.6 Å². The number of likely N-dealkylation sites (tertiary alicyclic amines) is 1. The summed E-state index contributed by atoms with van der Waals surface area (Å²) in [5.74, 6) is -0.414. The van der Waals surface area contributed by atoms with Crippen molar-refractivity contribution in [2.24, 2.45) is 5.92 Å². The smallest absolute Gasteiger partial charge is 0.309 e. The van der Waals surface area contributed by atoms with Crippen molar-refractivity contribution in [1.29, 1.82) is 0 Å². The summed E-state index contributed by atoms with van der Waals surface area (Å²) in [4.78, 5) is 13.2. The van der Waals surface area contributed by atoms with Gasteiger partial charge in [0.2, 0.25) is 0 Å². The summed E-state index contributed by atoms with van der Waals surface area (Å²) in [7, 11) is 0. The first-order valence-electron chi connectivity index (χ1n) is 9.66. The SMILES string of the molecule is CCC(Cc1cc(C)cc(CN2CC(C(=O)O)C2)c1)c1ccc(Cl)c(C)c1. The highest BCUT2D eigenvalue weighted by molar-refractivity contribution is 6.31. The Hall–Kier alpha value is -1.84. The van der Waals surface area contributed by atoms with Crippen LogP contribution in [0, 0.1) is 19.8 Å². The molecule has 144 valence electrons. The van der Waals surface area contributed by atoms with Crippen molar-refractivity contribution in [3.63, 3.8) is 0 Å². The Labute approximate surface area is 167 Å². The lowest BCUT2D eigenvalue weighted by Crippen LogP contribution is -2.49. The third kappa shape index (κ3) is 4.91. The number of rotatable bonds is 7. The first kappa shape index (κ1) is 19.9. The summed E-state index contributed by atoms with van der Waals surface area (Å²) >= 11 is 6.19. The molecule has 0 spiro atoms. The minimum absolute atomic E-state index is 0.202. The zero-order chi connectivity index (χ0) is 19.6. The topological polar surface area (TPSA) is 40.5 Å². The summed E-state index contributed by atoms with van der Waals surface area (Å²) in [6.07, 6.45) is 2.08. The van der Waals surface area contributed by atoms with Crippen LogP contribution in [0.1, 0.15) is 47.1 Å². The van der Waals surface area contributed by atoms with Crippen LogP contribution in [0.4, 0.5) is 0 Å². The van der Waals surface area contributed by atoms with Crippen molar-refractivity contribution in [2.45, 2.75) is 46.1 Å². The normalized spacial score (nSPS) is 16.1. The van der Waals surface area contributed by atoms with Crippen molar-refractivity contribution in [1.82, 2.24) is 4.90 Å². The standard InChI is InChI=1S/C23H28ClNO2/c1-4-19(20-5-6-22(24)16(3)9-20)11-17-7-15(2)8-18(10-17)12-25-13-21(14-25)23(26)27/h5-10,19,21H,4,11-14H2,1-3H3,(H,26,27). The first-order chi connectivity index (χ1) is 12.9. The molecule has 0 radical (unpaired) electrons. The van der Waals surface area contributed by atoms with Gasteiger partial charge < -0.3 is 5.11 Å². The largest absolute Gasteiger partial charge is 0.481 e. The van der Waals surface area contributed by atoms with Crippen LogP contribution in [0.25, 0.3) is 0 Å². The van der Waals surface area contributed by atoms with Crippen molar-refractivity contribution in [2.75, 3.05) is 13.1 Å². The molecule has 2 aromatic rings. The van der Waals surface area contributed by atoms with E-state index in [1.165, 1.54) is 22.3 Å². The lowest BCUT2D eigenvalue weighted by molar-refractivity contribution is -0.147. The van der Waals surface area contributed by atoms with E-state index in [2.05, 4.69) is 56.0 Å². The van der Waals surface area contributed by atoms with Gasteiger partial charge in [0.25, 0.3) is 0 Å². The molecule has 3 nitrogen and oxygen atoms in total. The Morgan fingerprint density at radius 1 is 1.19 bits per heavy atom. The zero-order valence-corrected chi connectivity index (χ0v) is 17.1. The van der Waals surface area contributed by atoms with E-state index in [1.54, 1.807) is 0 Å². The van der Waals surface area contributed by atoms with Crippen LogP contribution in [0.2, 0.25) is 5.02 Å². The molecular formula is C23H28ClNO2. The molecule has 0 aromatic heterocycles. The number of aryl methyl sites for hydroxylation is 2. The van der Waals surface area contributed by atoms with Gasteiger partial charge in [-0.1, -0.05) is 54.4 Å². The number of carboxylic acids is 1. The average Bonchev–Trinajstić information content (AvgIpc) is 2.57. The van der Waals surface area contributed by atoms with Crippen LogP contribution in [0.15, 0.2) is 36.4 Å². The molecule has 2 aromatic carbocycles. The quantitative estimate of drug-likeness (QED) is 0.711. The summed E-state index contributed by atoms with van der Waals surface area (Å²) in [6.45, 7) is 8.56. The van der Waals surface area contributed by atoms with E-state index in [4.69, 9.17) is 16.7 Å². The van der Waals surface area contributed by atoms with Gasteiger partial charge in [0.05, 0.1) is 5.92 Å². The van der Waals surface area contributed by atoms with Gasteiger partial charge in [-0.3, -0.25) is 9.69 Å². The van der Waals surface area contributed by atoms with E-state index in [-0.39, 0.29) is 5.92 Å². The summed E-state index contributed by atoms with van der Waals surface area (Å²) < 4.78 is 0. The van der Waals surface area contributed by atoms with Gasteiger partial charge >= 0.3 is 5.97 Å². The monoisotopic (exact) mass is 385 g/mol. The van der Waals surface area contributed by atoms with Crippen LogP contribution < -0.4 is 0 Å². The molecule has 1 saturated heterocycles.